The van der Waals surface area contributed by atoms with Gasteiger partial charge in [0.25, 0.3) is 5.91 Å². The first kappa shape index (κ1) is 20.1. The molecule has 0 fully saturated rings. The zero-order valence-corrected chi connectivity index (χ0v) is 15.2. The average Bonchev–Trinajstić information content (AvgIpc) is 3.00. The maximum absolute atomic E-state index is 11.0. The number of furan rings is 1. The van der Waals surface area contributed by atoms with E-state index in [1.807, 2.05) is 6.92 Å². The van der Waals surface area contributed by atoms with E-state index in [1.165, 1.54) is 25.7 Å². The van der Waals surface area contributed by atoms with E-state index in [9.17, 15) is 4.79 Å². The number of carbonyl (C=O) groups is 1. The van der Waals surface area contributed by atoms with E-state index in [1.54, 1.807) is 12.1 Å². The Kier molecular flexibility index (Phi) is 9.65. The minimum Gasteiger partial charge on any atom is -0.454 e. The van der Waals surface area contributed by atoms with Gasteiger partial charge in [0, 0.05) is 13.1 Å². The van der Waals surface area contributed by atoms with Crippen molar-refractivity contribution in [3.63, 3.8) is 0 Å². The number of nitrogens with one attached hydrogen (secondary N) is 2. The molecule has 0 saturated carbocycles. The molecule has 6 nitrogen and oxygen atoms in total. The van der Waals surface area contributed by atoms with Crippen LogP contribution >= 0.6 is 0 Å². The van der Waals surface area contributed by atoms with Crippen molar-refractivity contribution in [3.8, 4) is 0 Å². The number of amides is 1. The fourth-order valence-corrected chi connectivity index (χ4v) is 2.33. The predicted molar refractivity (Wildman–Crippen MR) is 98.0 cm³/mol. The van der Waals surface area contributed by atoms with Crippen LogP contribution in [0.5, 0.6) is 0 Å². The molecule has 0 radical (unpaired) electrons. The van der Waals surface area contributed by atoms with Crippen molar-refractivity contribution in [2.75, 3.05) is 13.1 Å². The second-order valence-electron chi connectivity index (χ2n) is 6.35. The summed E-state index contributed by atoms with van der Waals surface area (Å²) in [6.45, 7) is 8.64. The van der Waals surface area contributed by atoms with Crippen LogP contribution in [0.1, 0.15) is 69.2 Å². The Morgan fingerprint density at radius 2 is 1.96 bits per heavy atom. The zero-order chi connectivity index (χ0) is 17.8. The molecule has 1 aromatic heterocycles. The molecule has 136 valence electrons. The molecule has 6 heteroatoms. The number of carbonyl (C=O) groups excluding carboxylic acids is 1. The van der Waals surface area contributed by atoms with Crippen molar-refractivity contribution in [3.05, 3.63) is 23.7 Å². The Morgan fingerprint density at radius 3 is 2.58 bits per heavy atom. The second kappa shape index (κ2) is 11.5. The standard InChI is InChI=1S/C18H32N4O2/c1-4-20-18(21-12-8-6-5-7-9-14(2)3)22-13-15-10-11-16(24-15)17(19)23/h10-11,14H,4-9,12-13H2,1-3H3,(H2,19,23)(H2,20,21,22). The first-order valence-corrected chi connectivity index (χ1v) is 8.93. The summed E-state index contributed by atoms with van der Waals surface area (Å²) in [5.74, 6) is 1.78. The highest BCUT2D eigenvalue weighted by Crippen LogP contribution is 2.09. The molecule has 0 aliphatic rings. The van der Waals surface area contributed by atoms with E-state index >= 15 is 0 Å². The molecule has 0 bridgehead atoms. The average molecular weight is 336 g/mol. The molecule has 0 atom stereocenters. The van der Waals surface area contributed by atoms with Gasteiger partial charge in [-0.1, -0.05) is 39.5 Å². The molecular formula is C18H32N4O2. The lowest BCUT2D eigenvalue weighted by molar-refractivity contribution is 0.0972. The normalized spacial score (nSPS) is 11.8. The predicted octanol–water partition coefficient (Wildman–Crippen LogP) is 3.04. The van der Waals surface area contributed by atoms with Crippen LogP contribution in [-0.4, -0.2) is 25.0 Å². The summed E-state index contributed by atoms with van der Waals surface area (Å²) in [5, 5.41) is 6.53. The Hall–Kier alpha value is -1.98. The van der Waals surface area contributed by atoms with E-state index in [-0.39, 0.29) is 5.76 Å². The lowest BCUT2D eigenvalue weighted by atomic mass is 10.0. The number of primary amides is 1. The summed E-state index contributed by atoms with van der Waals surface area (Å²) in [6.07, 6.45) is 6.28. The Bertz CT molecular complexity index is 509. The molecule has 1 rings (SSSR count). The maximum atomic E-state index is 11.0. The van der Waals surface area contributed by atoms with Gasteiger partial charge in [-0.25, -0.2) is 4.99 Å². The van der Waals surface area contributed by atoms with Crippen molar-refractivity contribution < 1.29 is 9.21 Å². The monoisotopic (exact) mass is 336 g/mol. The van der Waals surface area contributed by atoms with Gasteiger partial charge in [0.15, 0.2) is 11.7 Å². The van der Waals surface area contributed by atoms with Crippen molar-refractivity contribution in [1.29, 1.82) is 0 Å². The quantitative estimate of drug-likeness (QED) is 0.329. The highest BCUT2D eigenvalue weighted by atomic mass is 16.3. The number of unbranched alkanes of at least 4 members (excludes halogenated alkanes) is 3. The van der Waals surface area contributed by atoms with E-state index in [2.05, 4.69) is 29.5 Å². The number of rotatable bonds is 11. The molecule has 0 aliphatic heterocycles. The van der Waals surface area contributed by atoms with Gasteiger partial charge in [-0.2, -0.15) is 0 Å². The van der Waals surface area contributed by atoms with Gasteiger partial charge >= 0.3 is 0 Å². The second-order valence-corrected chi connectivity index (χ2v) is 6.35. The summed E-state index contributed by atoms with van der Waals surface area (Å²) in [6, 6.07) is 3.30. The lowest BCUT2D eigenvalue weighted by Crippen LogP contribution is -2.37. The van der Waals surface area contributed by atoms with Gasteiger partial charge in [0.05, 0.1) is 0 Å². The zero-order valence-electron chi connectivity index (χ0n) is 15.2. The van der Waals surface area contributed by atoms with Crippen LogP contribution in [0.2, 0.25) is 0 Å². The number of guanidine groups is 1. The third kappa shape index (κ3) is 8.60. The van der Waals surface area contributed by atoms with Crippen LogP contribution < -0.4 is 16.4 Å². The van der Waals surface area contributed by atoms with Crippen LogP contribution in [-0.2, 0) is 6.54 Å². The minimum absolute atomic E-state index is 0.166. The van der Waals surface area contributed by atoms with E-state index < -0.39 is 5.91 Å². The fourth-order valence-electron chi connectivity index (χ4n) is 2.33. The van der Waals surface area contributed by atoms with Gasteiger partial charge in [0.1, 0.15) is 12.3 Å². The molecule has 1 amide bonds. The van der Waals surface area contributed by atoms with Gasteiger partial charge in [0.2, 0.25) is 0 Å². The molecule has 24 heavy (non-hydrogen) atoms. The molecule has 1 heterocycles. The molecule has 0 saturated heterocycles. The molecule has 0 aliphatic carbocycles. The third-order valence-electron chi connectivity index (χ3n) is 3.64. The van der Waals surface area contributed by atoms with Gasteiger partial charge < -0.3 is 20.8 Å². The van der Waals surface area contributed by atoms with E-state index in [0.29, 0.717) is 12.3 Å². The third-order valence-corrected chi connectivity index (χ3v) is 3.64. The van der Waals surface area contributed by atoms with Gasteiger partial charge in [-0.3, -0.25) is 4.79 Å². The number of hydrogen-bond acceptors (Lipinski definition) is 3. The number of hydrogen-bond donors (Lipinski definition) is 3. The van der Waals surface area contributed by atoms with Crippen LogP contribution in [0.3, 0.4) is 0 Å². The molecule has 4 N–H and O–H groups in total. The summed E-state index contributed by atoms with van der Waals surface area (Å²) in [7, 11) is 0. The summed E-state index contributed by atoms with van der Waals surface area (Å²) in [5.41, 5.74) is 5.17. The Balaban J connectivity index is 2.30. The number of aliphatic imine (C=N–C) groups is 1. The van der Waals surface area contributed by atoms with Gasteiger partial charge in [-0.15, -0.1) is 0 Å². The minimum atomic E-state index is -0.562. The van der Waals surface area contributed by atoms with Gasteiger partial charge in [-0.05, 0) is 31.4 Å². The Labute approximate surface area is 145 Å². The van der Waals surface area contributed by atoms with Crippen molar-refractivity contribution in [2.24, 2.45) is 16.6 Å². The molecule has 0 spiro atoms. The number of nitrogens with two attached hydrogens (primary N) is 1. The molecule has 0 unspecified atom stereocenters. The van der Waals surface area contributed by atoms with Crippen molar-refractivity contribution >= 4 is 11.9 Å². The molecular weight excluding hydrogens is 304 g/mol. The van der Waals surface area contributed by atoms with E-state index in [4.69, 9.17) is 10.2 Å². The Morgan fingerprint density at radius 1 is 1.21 bits per heavy atom. The highest BCUT2D eigenvalue weighted by Gasteiger charge is 2.06. The van der Waals surface area contributed by atoms with Crippen LogP contribution in [0, 0.1) is 5.92 Å². The highest BCUT2D eigenvalue weighted by molar-refractivity contribution is 5.89. The maximum Gasteiger partial charge on any atom is 0.284 e. The fraction of sp³-hybridized carbons (Fsp3) is 0.667. The number of nitrogens with zero attached hydrogens (tertiary/aromatic N) is 1. The van der Waals surface area contributed by atoms with E-state index in [0.717, 1.165) is 31.4 Å². The first-order chi connectivity index (χ1) is 11.5. The summed E-state index contributed by atoms with van der Waals surface area (Å²) >= 11 is 0. The summed E-state index contributed by atoms with van der Waals surface area (Å²) < 4.78 is 5.33. The largest absolute Gasteiger partial charge is 0.454 e. The first-order valence-electron chi connectivity index (χ1n) is 8.93. The lowest BCUT2D eigenvalue weighted by Gasteiger charge is -2.11. The smallest absolute Gasteiger partial charge is 0.284 e. The topological polar surface area (TPSA) is 92.6 Å². The van der Waals surface area contributed by atoms with Crippen molar-refractivity contribution in [1.82, 2.24) is 10.6 Å². The summed E-state index contributed by atoms with van der Waals surface area (Å²) in [4.78, 5) is 15.5. The van der Waals surface area contributed by atoms with Crippen molar-refractivity contribution in [2.45, 2.75) is 59.4 Å². The van der Waals surface area contributed by atoms with Crippen LogP contribution in [0.4, 0.5) is 0 Å². The molecule has 1 aromatic rings. The van der Waals surface area contributed by atoms with Crippen LogP contribution in [0.25, 0.3) is 0 Å². The van der Waals surface area contributed by atoms with Crippen LogP contribution in [0.15, 0.2) is 21.5 Å². The molecule has 0 aromatic carbocycles. The SMILES string of the molecule is CCNC(=NCc1ccc(C(N)=O)o1)NCCCCCCC(C)C.